The Morgan fingerprint density at radius 3 is 0.676 bits per heavy atom. The summed E-state index contributed by atoms with van der Waals surface area (Å²) < 4.78 is 68.9. The topological polar surface area (TPSA) is 237 Å². The summed E-state index contributed by atoms with van der Waals surface area (Å²) >= 11 is 0. The van der Waals surface area contributed by atoms with E-state index in [4.69, 9.17) is 37.0 Å². The van der Waals surface area contributed by atoms with Gasteiger partial charge in [0, 0.05) is 25.7 Å². The smallest absolute Gasteiger partial charge is 0.462 e. The minimum atomic E-state index is -4.97. The lowest BCUT2D eigenvalue weighted by Crippen LogP contribution is -2.30. The molecule has 0 bridgehead atoms. The molecule has 0 aliphatic carbocycles. The van der Waals surface area contributed by atoms with E-state index in [9.17, 15) is 43.2 Å². The summed E-state index contributed by atoms with van der Waals surface area (Å²) in [4.78, 5) is 73.2. The zero-order chi connectivity index (χ0) is 77.4. The van der Waals surface area contributed by atoms with Crippen LogP contribution in [0.15, 0.2) is 0 Å². The molecular weight excluding hydrogens is 1370 g/mol. The summed E-state index contributed by atoms with van der Waals surface area (Å²) in [5.74, 6) is 1.09. The zero-order valence-corrected chi connectivity index (χ0v) is 71.2. The van der Waals surface area contributed by atoms with E-state index in [1.165, 1.54) is 244 Å². The third-order valence-electron chi connectivity index (χ3n) is 20.8. The zero-order valence-electron chi connectivity index (χ0n) is 69.4. The van der Waals surface area contributed by atoms with Gasteiger partial charge in [0.2, 0.25) is 0 Å². The second kappa shape index (κ2) is 74.8. The summed E-state index contributed by atoms with van der Waals surface area (Å²) in [6.07, 6.45) is 63.9. The van der Waals surface area contributed by atoms with Gasteiger partial charge in [0.05, 0.1) is 26.4 Å². The van der Waals surface area contributed by atoms with Crippen LogP contribution in [0, 0.1) is 23.7 Å². The summed E-state index contributed by atoms with van der Waals surface area (Å²) in [5.41, 5.74) is 0. The van der Waals surface area contributed by atoms with Crippen molar-refractivity contribution in [1.82, 2.24) is 0 Å². The fraction of sp³-hybridized carbons (Fsp3) is 0.953. The van der Waals surface area contributed by atoms with E-state index in [1.807, 2.05) is 0 Å². The fourth-order valence-electron chi connectivity index (χ4n) is 13.3. The lowest BCUT2D eigenvalue weighted by atomic mass is 9.99. The number of hydrogen-bond donors (Lipinski definition) is 3. The average molecular weight is 1540 g/mol. The van der Waals surface area contributed by atoms with Crippen LogP contribution in [0.3, 0.4) is 0 Å². The molecule has 7 atom stereocenters. The maximum absolute atomic E-state index is 13.1. The standard InChI is InChI=1S/C86H168O17P2/c1-9-78(7)64-56-48-40-32-26-19-15-13-11-12-14-16-21-28-34-42-50-58-66-83(88)96-72-81(102-86(91)69-61-53-44-36-30-24-23-25-31-38-46-54-62-76(3)4)74-100-104(92,93)98-70-80(87)71-99-105(94,95)101-75-82(73-97-84(89)67-59-51-45-37-39-47-55-63-77(5)6)103-85(90)68-60-52-43-35-29-22-18-17-20-27-33-41-49-57-65-79(8)10-2/h76-82,87H,9-75H2,1-8H3,(H,92,93)(H,94,95)/t78?,79?,80?,81-,82-/m1/s1. The van der Waals surface area contributed by atoms with Crippen molar-refractivity contribution in [3.63, 3.8) is 0 Å². The Morgan fingerprint density at radius 2 is 0.457 bits per heavy atom. The molecule has 0 fully saturated rings. The SMILES string of the molecule is CCC(C)CCCCCCCCCCCCCCCCCCCCC(=O)OC[C@H](COP(=O)(O)OCC(O)COP(=O)(O)OC[C@@H](COC(=O)CCCCCCCCCC(C)C)OC(=O)CCCCCCCCCCCCCCCCC(C)CC)OC(=O)CCCCCCCCCCCCCCC(C)C. The lowest BCUT2D eigenvalue weighted by Gasteiger charge is -2.21. The molecule has 624 valence electrons. The normalized spacial score (nSPS) is 14.4. The van der Waals surface area contributed by atoms with Crippen molar-refractivity contribution >= 4 is 39.5 Å². The van der Waals surface area contributed by atoms with Gasteiger partial charge in [0.25, 0.3) is 0 Å². The minimum Gasteiger partial charge on any atom is -0.462 e. The number of carbonyl (C=O) groups is 4. The number of carbonyl (C=O) groups excluding carboxylic acids is 4. The molecule has 19 heteroatoms. The minimum absolute atomic E-state index is 0.107. The molecule has 0 aromatic rings. The Labute approximate surface area is 645 Å². The molecular formula is C86H168O17P2. The first-order valence-electron chi connectivity index (χ1n) is 44.3. The van der Waals surface area contributed by atoms with Crippen LogP contribution >= 0.6 is 15.6 Å². The molecule has 0 aromatic heterocycles. The number of phosphoric acid groups is 2. The van der Waals surface area contributed by atoms with Crippen LogP contribution in [0.2, 0.25) is 0 Å². The first-order valence-corrected chi connectivity index (χ1v) is 47.3. The molecule has 0 aliphatic heterocycles. The third-order valence-corrected chi connectivity index (χ3v) is 22.7. The molecule has 0 aromatic carbocycles. The second-order valence-corrected chi connectivity index (χ2v) is 35.3. The Balaban J connectivity index is 5.20. The lowest BCUT2D eigenvalue weighted by molar-refractivity contribution is -0.161. The highest BCUT2D eigenvalue weighted by atomic mass is 31.2. The van der Waals surface area contributed by atoms with E-state index in [1.54, 1.807) is 0 Å². The molecule has 0 spiro atoms. The Morgan fingerprint density at radius 1 is 0.267 bits per heavy atom. The van der Waals surface area contributed by atoms with Crippen molar-refractivity contribution in [2.45, 2.75) is 465 Å². The number of esters is 4. The molecule has 0 radical (unpaired) electrons. The molecule has 0 saturated carbocycles. The van der Waals surface area contributed by atoms with Gasteiger partial charge in [0.1, 0.15) is 19.3 Å². The van der Waals surface area contributed by atoms with E-state index >= 15 is 0 Å². The van der Waals surface area contributed by atoms with Gasteiger partial charge in [-0.25, -0.2) is 9.13 Å². The molecule has 105 heavy (non-hydrogen) atoms. The maximum atomic E-state index is 13.1. The highest BCUT2D eigenvalue weighted by molar-refractivity contribution is 7.47. The van der Waals surface area contributed by atoms with Crippen molar-refractivity contribution in [3.05, 3.63) is 0 Å². The number of hydrogen-bond acceptors (Lipinski definition) is 15. The number of aliphatic hydroxyl groups is 1. The molecule has 3 N–H and O–H groups in total. The number of aliphatic hydroxyl groups excluding tert-OH is 1. The number of rotatable bonds is 83. The summed E-state index contributed by atoms with van der Waals surface area (Å²) in [6, 6.07) is 0. The molecule has 5 unspecified atom stereocenters. The predicted molar refractivity (Wildman–Crippen MR) is 432 cm³/mol. The van der Waals surface area contributed by atoms with Gasteiger partial charge in [-0.2, -0.15) is 0 Å². The van der Waals surface area contributed by atoms with Gasteiger partial charge < -0.3 is 33.8 Å². The third kappa shape index (κ3) is 77.2. The average Bonchev–Trinajstić information content (AvgIpc) is 0.907. The maximum Gasteiger partial charge on any atom is 0.472 e. The van der Waals surface area contributed by atoms with Gasteiger partial charge >= 0.3 is 39.5 Å². The number of ether oxygens (including phenoxy) is 4. The monoisotopic (exact) mass is 1540 g/mol. The van der Waals surface area contributed by atoms with E-state index in [2.05, 4.69) is 55.4 Å². The van der Waals surface area contributed by atoms with Crippen molar-refractivity contribution in [3.8, 4) is 0 Å². The Hall–Kier alpha value is -1.94. The van der Waals surface area contributed by atoms with E-state index in [-0.39, 0.29) is 25.7 Å². The van der Waals surface area contributed by atoms with Gasteiger partial charge in [-0.1, -0.05) is 396 Å². The van der Waals surface area contributed by atoms with Crippen molar-refractivity contribution in [2.24, 2.45) is 23.7 Å². The number of phosphoric ester groups is 2. The van der Waals surface area contributed by atoms with Crippen LogP contribution in [-0.2, 0) is 65.4 Å². The molecule has 17 nitrogen and oxygen atoms in total. The van der Waals surface area contributed by atoms with Crippen LogP contribution in [0.25, 0.3) is 0 Å². The predicted octanol–water partition coefficient (Wildman–Crippen LogP) is 25.9. The van der Waals surface area contributed by atoms with Crippen molar-refractivity contribution < 1.29 is 80.2 Å². The van der Waals surface area contributed by atoms with Crippen LogP contribution in [0.5, 0.6) is 0 Å². The summed E-state index contributed by atoms with van der Waals surface area (Å²) in [7, 11) is -9.93. The van der Waals surface area contributed by atoms with E-state index in [0.29, 0.717) is 31.6 Å². The molecule has 0 rings (SSSR count). The van der Waals surface area contributed by atoms with Gasteiger partial charge in [-0.3, -0.25) is 37.3 Å². The summed E-state index contributed by atoms with van der Waals surface area (Å²) in [6.45, 7) is 14.4. The molecule has 0 heterocycles. The van der Waals surface area contributed by atoms with Crippen LogP contribution in [-0.4, -0.2) is 96.7 Å². The van der Waals surface area contributed by atoms with Gasteiger partial charge in [-0.15, -0.1) is 0 Å². The highest BCUT2D eigenvalue weighted by Gasteiger charge is 2.31. The van der Waals surface area contributed by atoms with E-state index < -0.39 is 97.5 Å². The Kier molecular flexibility index (Phi) is 73.4. The first kappa shape index (κ1) is 103. The van der Waals surface area contributed by atoms with Crippen LogP contribution in [0.1, 0.15) is 447 Å². The van der Waals surface area contributed by atoms with Gasteiger partial charge in [-0.05, 0) is 49.4 Å². The van der Waals surface area contributed by atoms with Gasteiger partial charge in [0.15, 0.2) is 12.2 Å². The first-order chi connectivity index (χ1) is 50.7. The van der Waals surface area contributed by atoms with Crippen molar-refractivity contribution in [1.29, 1.82) is 0 Å². The van der Waals surface area contributed by atoms with Crippen molar-refractivity contribution in [2.75, 3.05) is 39.6 Å². The molecule has 0 saturated heterocycles. The fourth-order valence-corrected chi connectivity index (χ4v) is 14.8. The largest absolute Gasteiger partial charge is 0.472 e. The Bertz CT molecular complexity index is 2050. The number of unbranched alkanes of at least 4 members (excludes halogenated alkanes) is 47. The summed E-state index contributed by atoms with van der Waals surface area (Å²) in [5, 5.41) is 10.7. The van der Waals surface area contributed by atoms with E-state index in [0.717, 1.165) is 114 Å². The molecule has 0 amide bonds. The van der Waals surface area contributed by atoms with Crippen LogP contribution < -0.4 is 0 Å². The highest BCUT2D eigenvalue weighted by Crippen LogP contribution is 2.45. The second-order valence-electron chi connectivity index (χ2n) is 32.4. The quantitative estimate of drug-likeness (QED) is 0.0222. The van der Waals surface area contributed by atoms with Crippen LogP contribution in [0.4, 0.5) is 0 Å². The molecule has 0 aliphatic rings.